The van der Waals surface area contributed by atoms with Crippen LogP contribution < -0.4 is 5.32 Å². The second kappa shape index (κ2) is 6.63. The fraction of sp³-hybridized carbons (Fsp3) is 0.438. The molecule has 2 aromatic heterocycles. The molecule has 0 unspecified atom stereocenters. The van der Waals surface area contributed by atoms with Gasteiger partial charge in [0.15, 0.2) is 0 Å². The van der Waals surface area contributed by atoms with E-state index in [9.17, 15) is 0 Å². The summed E-state index contributed by atoms with van der Waals surface area (Å²) in [5.41, 5.74) is 2.03. The summed E-state index contributed by atoms with van der Waals surface area (Å²) in [6.45, 7) is 6.28. The summed E-state index contributed by atoms with van der Waals surface area (Å²) in [4.78, 5) is 15.2. The largest absolute Gasteiger partial charge is 0.354 e. The Morgan fingerprint density at radius 2 is 2.00 bits per heavy atom. The predicted molar refractivity (Wildman–Crippen MR) is 86.1 cm³/mol. The van der Waals surface area contributed by atoms with E-state index in [1.807, 2.05) is 24.4 Å². The van der Waals surface area contributed by atoms with Crippen LogP contribution in [0.15, 0.2) is 36.8 Å². The molecule has 0 aliphatic carbocycles. The van der Waals surface area contributed by atoms with Gasteiger partial charge in [0.2, 0.25) is 5.95 Å². The zero-order valence-electron chi connectivity index (χ0n) is 13.2. The Hall–Kier alpha value is -2.01. The third kappa shape index (κ3) is 4.79. The summed E-state index contributed by atoms with van der Waals surface area (Å²) >= 11 is 0. The average molecular weight is 285 g/mol. The maximum absolute atomic E-state index is 4.55. The third-order valence-corrected chi connectivity index (χ3v) is 3.08. The quantitative estimate of drug-likeness (QED) is 0.884. The smallest absolute Gasteiger partial charge is 0.223 e. The molecule has 5 heteroatoms. The SMILES string of the molecule is CN(C)CC(C)(C)CNc1nccc(-c2cccnc2)n1. The standard InChI is InChI=1S/C16H23N5/c1-16(2,12-21(3)4)11-19-15-18-9-7-14(20-15)13-6-5-8-17-10-13/h5-10H,11-12H2,1-4H3,(H,18,19,20). The number of aromatic nitrogens is 3. The minimum atomic E-state index is 0.150. The Kier molecular flexibility index (Phi) is 4.85. The van der Waals surface area contributed by atoms with Crippen LogP contribution in [-0.2, 0) is 0 Å². The minimum absolute atomic E-state index is 0.150. The number of anilines is 1. The molecule has 0 saturated carbocycles. The molecular formula is C16H23N5. The molecule has 1 N–H and O–H groups in total. The van der Waals surface area contributed by atoms with Gasteiger partial charge in [0, 0.05) is 37.2 Å². The van der Waals surface area contributed by atoms with Gasteiger partial charge in [-0.15, -0.1) is 0 Å². The van der Waals surface area contributed by atoms with Gasteiger partial charge in [0.05, 0.1) is 5.69 Å². The number of hydrogen-bond donors (Lipinski definition) is 1. The van der Waals surface area contributed by atoms with E-state index in [0.717, 1.165) is 24.3 Å². The van der Waals surface area contributed by atoms with E-state index in [1.54, 1.807) is 12.4 Å². The summed E-state index contributed by atoms with van der Waals surface area (Å²) in [7, 11) is 4.17. The highest BCUT2D eigenvalue weighted by Gasteiger charge is 2.19. The summed E-state index contributed by atoms with van der Waals surface area (Å²) in [5, 5.41) is 3.33. The molecule has 0 bridgehead atoms. The van der Waals surface area contributed by atoms with Crippen LogP contribution in [0.1, 0.15) is 13.8 Å². The zero-order chi connectivity index (χ0) is 15.3. The Morgan fingerprint density at radius 1 is 1.19 bits per heavy atom. The third-order valence-electron chi connectivity index (χ3n) is 3.08. The summed E-state index contributed by atoms with van der Waals surface area (Å²) < 4.78 is 0. The van der Waals surface area contributed by atoms with Crippen molar-refractivity contribution in [2.24, 2.45) is 5.41 Å². The Bertz CT molecular complexity index is 566. The molecule has 2 rings (SSSR count). The normalized spacial score (nSPS) is 11.7. The molecule has 0 aliphatic heterocycles. The molecule has 0 spiro atoms. The molecule has 5 nitrogen and oxygen atoms in total. The number of nitrogens with one attached hydrogen (secondary N) is 1. The van der Waals surface area contributed by atoms with Crippen LogP contribution in [0.4, 0.5) is 5.95 Å². The lowest BCUT2D eigenvalue weighted by atomic mass is 9.93. The Labute approximate surface area is 126 Å². The van der Waals surface area contributed by atoms with Crippen molar-refractivity contribution in [3.8, 4) is 11.3 Å². The van der Waals surface area contributed by atoms with Gasteiger partial charge in [-0.2, -0.15) is 0 Å². The van der Waals surface area contributed by atoms with E-state index in [1.165, 1.54) is 0 Å². The van der Waals surface area contributed by atoms with E-state index in [-0.39, 0.29) is 5.41 Å². The predicted octanol–water partition coefficient (Wildman–Crippen LogP) is 2.54. The first-order valence-corrected chi connectivity index (χ1v) is 7.08. The van der Waals surface area contributed by atoms with E-state index in [2.05, 4.69) is 53.1 Å². The Morgan fingerprint density at radius 3 is 2.67 bits per heavy atom. The molecule has 0 aliphatic rings. The fourth-order valence-corrected chi connectivity index (χ4v) is 2.35. The Balaban J connectivity index is 2.05. The van der Waals surface area contributed by atoms with Crippen molar-refractivity contribution in [3.05, 3.63) is 36.8 Å². The fourth-order valence-electron chi connectivity index (χ4n) is 2.35. The summed E-state index contributed by atoms with van der Waals surface area (Å²) in [6, 6.07) is 5.80. The molecule has 0 aromatic carbocycles. The van der Waals surface area contributed by atoms with Gasteiger partial charge >= 0.3 is 0 Å². The monoisotopic (exact) mass is 285 g/mol. The lowest BCUT2D eigenvalue weighted by Gasteiger charge is -2.28. The molecule has 2 aromatic rings. The number of nitrogens with zero attached hydrogens (tertiary/aromatic N) is 4. The maximum atomic E-state index is 4.55. The first-order valence-electron chi connectivity index (χ1n) is 7.08. The van der Waals surface area contributed by atoms with Crippen molar-refractivity contribution in [1.82, 2.24) is 19.9 Å². The van der Waals surface area contributed by atoms with Gasteiger partial charge in [0.25, 0.3) is 0 Å². The van der Waals surface area contributed by atoms with Crippen LogP contribution in [-0.4, -0.2) is 47.0 Å². The second-order valence-electron chi connectivity index (χ2n) is 6.26. The zero-order valence-corrected chi connectivity index (χ0v) is 13.2. The first-order chi connectivity index (χ1) is 9.96. The lowest BCUT2D eigenvalue weighted by Crippen LogP contribution is -2.34. The summed E-state index contributed by atoms with van der Waals surface area (Å²) in [5.74, 6) is 0.656. The second-order valence-corrected chi connectivity index (χ2v) is 6.26. The van der Waals surface area contributed by atoms with Crippen molar-refractivity contribution in [2.45, 2.75) is 13.8 Å². The highest BCUT2D eigenvalue weighted by atomic mass is 15.1. The molecule has 0 radical (unpaired) electrons. The van der Waals surface area contributed by atoms with E-state index in [4.69, 9.17) is 0 Å². The van der Waals surface area contributed by atoms with Crippen LogP contribution in [0.5, 0.6) is 0 Å². The van der Waals surface area contributed by atoms with E-state index in [0.29, 0.717) is 5.95 Å². The van der Waals surface area contributed by atoms with Crippen molar-refractivity contribution in [3.63, 3.8) is 0 Å². The van der Waals surface area contributed by atoms with Crippen LogP contribution in [0.25, 0.3) is 11.3 Å². The maximum Gasteiger partial charge on any atom is 0.223 e. The highest BCUT2D eigenvalue weighted by molar-refractivity contribution is 5.58. The van der Waals surface area contributed by atoms with Gasteiger partial charge in [-0.1, -0.05) is 13.8 Å². The molecule has 2 heterocycles. The van der Waals surface area contributed by atoms with E-state index >= 15 is 0 Å². The van der Waals surface area contributed by atoms with Gasteiger partial charge < -0.3 is 10.2 Å². The van der Waals surface area contributed by atoms with Crippen molar-refractivity contribution in [2.75, 3.05) is 32.5 Å². The van der Waals surface area contributed by atoms with Gasteiger partial charge in [-0.25, -0.2) is 9.97 Å². The van der Waals surface area contributed by atoms with Gasteiger partial charge in [0.1, 0.15) is 0 Å². The molecule has 0 atom stereocenters. The number of rotatable bonds is 6. The molecule has 0 saturated heterocycles. The van der Waals surface area contributed by atoms with Crippen molar-refractivity contribution >= 4 is 5.95 Å². The minimum Gasteiger partial charge on any atom is -0.354 e. The molecule has 0 fully saturated rings. The topological polar surface area (TPSA) is 53.9 Å². The highest BCUT2D eigenvalue weighted by Crippen LogP contribution is 2.18. The summed E-state index contributed by atoms with van der Waals surface area (Å²) in [6.07, 6.45) is 5.34. The van der Waals surface area contributed by atoms with Crippen LogP contribution in [0, 0.1) is 5.41 Å². The van der Waals surface area contributed by atoms with Crippen LogP contribution in [0.3, 0.4) is 0 Å². The van der Waals surface area contributed by atoms with Gasteiger partial charge in [-0.05, 0) is 37.7 Å². The molecule has 0 amide bonds. The molecular weight excluding hydrogens is 262 g/mol. The lowest BCUT2D eigenvalue weighted by molar-refractivity contribution is 0.254. The van der Waals surface area contributed by atoms with Crippen LogP contribution >= 0.6 is 0 Å². The first kappa shape index (κ1) is 15.4. The van der Waals surface area contributed by atoms with E-state index < -0.39 is 0 Å². The van der Waals surface area contributed by atoms with Crippen molar-refractivity contribution < 1.29 is 0 Å². The van der Waals surface area contributed by atoms with Crippen LogP contribution in [0.2, 0.25) is 0 Å². The molecule has 21 heavy (non-hydrogen) atoms. The average Bonchev–Trinajstić information content (AvgIpc) is 2.45. The number of pyridine rings is 1. The van der Waals surface area contributed by atoms with Gasteiger partial charge in [-0.3, -0.25) is 4.98 Å². The number of hydrogen-bond acceptors (Lipinski definition) is 5. The van der Waals surface area contributed by atoms with Crippen molar-refractivity contribution in [1.29, 1.82) is 0 Å². The molecule has 112 valence electrons.